The third-order valence-electron chi connectivity index (χ3n) is 2.60. The molecule has 0 saturated carbocycles. The van der Waals surface area contributed by atoms with Crippen LogP contribution in [0.3, 0.4) is 0 Å². The van der Waals surface area contributed by atoms with Gasteiger partial charge in [0, 0.05) is 5.56 Å². The molecule has 0 spiro atoms. The molecule has 2 N–H and O–H groups in total. The molecular weight excluding hydrogens is 294 g/mol. The lowest BCUT2D eigenvalue weighted by Crippen LogP contribution is -2.05. The number of nitrogens with one attached hydrogen (secondary N) is 2. The van der Waals surface area contributed by atoms with Crippen LogP contribution in [0.2, 0.25) is 0 Å². The summed E-state index contributed by atoms with van der Waals surface area (Å²) in [6.45, 7) is 0. The second-order valence-corrected chi connectivity index (χ2v) is 3.98. The summed E-state index contributed by atoms with van der Waals surface area (Å²) in [7, 11) is 0. The molecule has 0 unspecified atom stereocenters. The molecule has 0 saturated heterocycles. The fraction of sp³-hybridized carbons (Fsp3) is 0.100. The van der Waals surface area contributed by atoms with Crippen LogP contribution in [0, 0.1) is 5.82 Å². The summed E-state index contributed by atoms with van der Waals surface area (Å²) < 4.78 is 51.6. The minimum atomic E-state index is -4.67. The quantitative estimate of drug-likeness (QED) is 0.703. The number of aromatic nitrogens is 7. The second kappa shape index (κ2) is 4.61. The number of hydrogen-bond acceptors (Lipinski definition) is 5. The van der Waals surface area contributed by atoms with Gasteiger partial charge in [-0.1, -0.05) is 0 Å². The number of rotatable bonds is 2. The zero-order valence-corrected chi connectivity index (χ0v) is 9.98. The van der Waals surface area contributed by atoms with Crippen LogP contribution in [0.5, 0.6) is 0 Å². The third-order valence-corrected chi connectivity index (χ3v) is 2.60. The number of alkyl halides is 3. The second-order valence-electron chi connectivity index (χ2n) is 3.98. The summed E-state index contributed by atoms with van der Waals surface area (Å²) in [4.78, 5) is 0. The molecule has 0 bridgehead atoms. The summed E-state index contributed by atoms with van der Waals surface area (Å²) >= 11 is 0. The molecule has 21 heavy (non-hydrogen) atoms. The Kier molecular flexibility index (Phi) is 2.89. The van der Waals surface area contributed by atoms with Crippen LogP contribution in [0.15, 0.2) is 18.2 Å². The third kappa shape index (κ3) is 2.44. The lowest BCUT2D eigenvalue weighted by molar-refractivity contribution is -0.137. The van der Waals surface area contributed by atoms with Crippen molar-refractivity contribution >= 4 is 0 Å². The molecule has 0 amide bonds. The van der Waals surface area contributed by atoms with Gasteiger partial charge in [0.15, 0.2) is 5.69 Å². The molecular formula is C10H5F4N7. The molecule has 7 nitrogen and oxygen atoms in total. The van der Waals surface area contributed by atoms with E-state index in [0.29, 0.717) is 6.07 Å². The van der Waals surface area contributed by atoms with Crippen molar-refractivity contribution in [2.24, 2.45) is 0 Å². The Morgan fingerprint density at radius 1 is 0.905 bits per heavy atom. The van der Waals surface area contributed by atoms with Gasteiger partial charge in [0.2, 0.25) is 5.82 Å². The van der Waals surface area contributed by atoms with Gasteiger partial charge in [-0.3, -0.25) is 0 Å². The first-order valence-electron chi connectivity index (χ1n) is 5.48. The summed E-state index contributed by atoms with van der Waals surface area (Å²) in [5.41, 5.74) is -1.18. The van der Waals surface area contributed by atoms with Crippen molar-refractivity contribution in [1.82, 2.24) is 36.0 Å². The molecule has 3 rings (SSSR count). The highest BCUT2D eigenvalue weighted by atomic mass is 19.4. The van der Waals surface area contributed by atoms with E-state index in [9.17, 15) is 17.6 Å². The SMILES string of the molecule is Fc1cc(-c2n[nH]nc2-c2nn[nH]n2)cc(C(F)(F)F)c1. The molecule has 2 heterocycles. The number of halogens is 4. The Hall–Kier alpha value is -2.85. The number of nitrogens with zero attached hydrogens (tertiary/aromatic N) is 5. The fourth-order valence-corrected chi connectivity index (χ4v) is 1.74. The highest BCUT2D eigenvalue weighted by Gasteiger charge is 2.32. The van der Waals surface area contributed by atoms with Crippen molar-refractivity contribution in [3.05, 3.63) is 29.6 Å². The van der Waals surface area contributed by atoms with Crippen LogP contribution in [0.4, 0.5) is 17.6 Å². The van der Waals surface area contributed by atoms with Crippen LogP contribution in [0.1, 0.15) is 5.56 Å². The Morgan fingerprint density at radius 3 is 2.33 bits per heavy atom. The molecule has 2 aromatic heterocycles. The Balaban J connectivity index is 2.14. The lowest BCUT2D eigenvalue weighted by atomic mass is 10.1. The molecule has 108 valence electrons. The molecule has 1 aromatic carbocycles. The minimum Gasteiger partial charge on any atom is -0.207 e. The number of aromatic amines is 2. The molecule has 0 aliphatic heterocycles. The molecule has 0 fully saturated rings. The van der Waals surface area contributed by atoms with E-state index in [2.05, 4.69) is 36.0 Å². The van der Waals surface area contributed by atoms with Gasteiger partial charge >= 0.3 is 6.18 Å². The average Bonchev–Trinajstić information content (AvgIpc) is 3.07. The van der Waals surface area contributed by atoms with E-state index in [-0.39, 0.29) is 22.8 Å². The largest absolute Gasteiger partial charge is 0.416 e. The van der Waals surface area contributed by atoms with E-state index < -0.39 is 17.6 Å². The van der Waals surface area contributed by atoms with Gasteiger partial charge < -0.3 is 0 Å². The van der Waals surface area contributed by atoms with Crippen LogP contribution >= 0.6 is 0 Å². The van der Waals surface area contributed by atoms with Crippen molar-refractivity contribution in [3.63, 3.8) is 0 Å². The standard InChI is InChI=1S/C10H5F4N7/c11-6-2-4(1-5(3-6)10(12,13)14)7-8(16-19-15-7)9-17-20-21-18-9/h1-3H,(H,15,16,19)(H,17,18,20,21). The van der Waals surface area contributed by atoms with E-state index >= 15 is 0 Å². The van der Waals surface area contributed by atoms with E-state index in [0.717, 1.165) is 12.1 Å². The molecule has 0 aliphatic carbocycles. The minimum absolute atomic E-state index is 0.0126. The average molecular weight is 299 g/mol. The van der Waals surface area contributed by atoms with Gasteiger partial charge in [-0.2, -0.15) is 33.8 Å². The highest BCUT2D eigenvalue weighted by molar-refractivity contribution is 5.74. The molecule has 0 atom stereocenters. The number of tetrazole rings is 1. The smallest absolute Gasteiger partial charge is 0.207 e. The van der Waals surface area contributed by atoms with Crippen molar-refractivity contribution in [1.29, 1.82) is 0 Å². The maximum absolute atomic E-state index is 13.4. The van der Waals surface area contributed by atoms with Crippen LogP contribution in [-0.4, -0.2) is 36.0 Å². The number of hydrogen-bond donors (Lipinski definition) is 2. The van der Waals surface area contributed by atoms with Gasteiger partial charge in [0.05, 0.1) is 5.56 Å². The van der Waals surface area contributed by atoms with Gasteiger partial charge in [-0.05, 0) is 23.4 Å². The van der Waals surface area contributed by atoms with Crippen molar-refractivity contribution in [3.8, 4) is 22.8 Å². The van der Waals surface area contributed by atoms with Gasteiger partial charge in [-0.15, -0.1) is 10.2 Å². The van der Waals surface area contributed by atoms with Crippen LogP contribution in [-0.2, 0) is 6.18 Å². The lowest BCUT2D eigenvalue weighted by Gasteiger charge is -2.08. The van der Waals surface area contributed by atoms with Gasteiger partial charge in [0.1, 0.15) is 11.5 Å². The topological polar surface area (TPSA) is 96.0 Å². The van der Waals surface area contributed by atoms with E-state index in [1.165, 1.54) is 0 Å². The Morgan fingerprint density at radius 2 is 1.67 bits per heavy atom. The first-order valence-corrected chi connectivity index (χ1v) is 5.48. The highest BCUT2D eigenvalue weighted by Crippen LogP contribution is 2.34. The van der Waals surface area contributed by atoms with E-state index in [4.69, 9.17) is 0 Å². The summed E-state index contributed by atoms with van der Waals surface area (Å²) in [5, 5.41) is 22.5. The fourth-order valence-electron chi connectivity index (χ4n) is 1.74. The maximum atomic E-state index is 13.4. The number of benzene rings is 1. The van der Waals surface area contributed by atoms with Gasteiger partial charge in [-0.25, -0.2) is 4.39 Å². The molecule has 3 aromatic rings. The summed E-state index contributed by atoms with van der Waals surface area (Å²) in [6, 6.07) is 2.08. The Labute approximate surface area is 113 Å². The number of H-pyrrole nitrogens is 2. The van der Waals surface area contributed by atoms with Crippen molar-refractivity contribution in [2.75, 3.05) is 0 Å². The molecule has 11 heteroatoms. The van der Waals surface area contributed by atoms with E-state index in [1.54, 1.807) is 0 Å². The predicted molar refractivity (Wildman–Crippen MR) is 60.0 cm³/mol. The molecule has 0 aliphatic rings. The Bertz CT molecular complexity index is 762. The summed E-state index contributed by atoms with van der Waals surface area (Å²) in [5.74, 6) is -1.02. The maximum Gasteiger partial charge on any atom is 0.416 e. The summed E-state index contributed by atoms with van der Waals surface area (Å²) in [6.07, 6.45) is -4.67. The zero-order chi connectivity index (χ0) is 15.0. The normalized spacial score (nSPS) is 11.8. The van der Waals surface area contributed by atoms with Gasteiger partial charge in [0.25, 0.3) is 0 Å². The zero-order valence-electron chi connectivity index (χ0n) is 9.98. The van der Waals surface area contributed by atoms with Crippen molar-refractivity contribution in [2.45, 2.75) is 6.18 Å². The monoisotopic (exact) mass is 299 g/mol. The van der Waals surface area contributed by atoms with Crippen LogP contribution in [0.25, 0.3) is 22.8 Å². The predicted octanol–water partition coefficient (Wildman–Crippen LogP) is 1.81. The van der Waals surface area contributed by atoms with E-state index in [1.807, 2.05) is 0 Å². The molecule has 0 radical (unpaired) electrons. The first-order chi connectivity index (χ1) is 9.95. The first kappa shape index (κ1) is 13.1. The van der Waals surface area contributed by atoms with Crippen molar-refractivity contribution < 1.29 is 17.6 Å². The van der Waals surface area contributed by atoms with Crippen LogP contribution < -0.4 is 0 Å².